The highest BCUT2D eigenvalue weighted by molar-refractivity contribution is 6.29. The summed E-state index contributed by atoms with van der Waals surface area (Å²) in [6.45, 7) is 3.96. The number of benzene rings is 1. The molecule has 0 saturated carbocycles. The lowest BCUT2D eigenvalue weighted by Gasteiger charge is -2.14. The van der Waals surface area contributed by atoms with E-state index in [0.29, 0.717) is 24.9 Å². The zero-order valence-corrected chi connectivity index (χ0v) is 12.6. The molecule has 0 atom stereocenters. The molecule has 1 aromatic carbocycles. The number of ether oxygens (including phenoxy) is 2. The number of aromatic nitrogens is 1. The molecule has 2 aromatic rings. The molecule has 0 spiro atoms. The second-order valence-electron chi connectivity index (χ2n) is 4.92. The summed E-state index contributed by atoms with van der Waals surface area (Å²) < 4.78 is 11.5. The number of anilines is 1. The fourth-order valence-electron chi connectivity index (χ4n) is 2.30. The molecule has 0 aliphatic carbocycles. The van der Waals surface area contributed by atoms with Crippen molar-refractivity contribution >= 4 is 17.3 Å². The van der Waals surface area contributed by atoms with Crippen molar-refractivity contribution in [2.24, 2.45) is 0 Å². The zero-order valence-electron chi connectivity index (χ0n) is 11.9. The van der Waals surface area contributed by atoms with Crippen LogP contribution in [0.4, 0.5) is 5.69 Å². The molecule has 1 aliphatic rings. The summed E-state index contributed by atoms with van der Waals surface area (Å²) >= 11 is 5.87. The van der Waals surface area contributed by atoms with Gasteiger partial charge in [-0.1, -0.05) is 23.7 Å². The van der Waals surface area contributed by atoms with Gasteiger partial charge in [0.2, 0.25) is 0 Å². The Bertz CT molecular complexity index is 646. The van der Waals surface area contributed by atoms with Gasteiger partial charge in [-0.2, -0.15) is 0 Å². The molecule has 3 rings (SSSR count). The van der Waals surface area contributed by atoms with Crippen molar-refractivity contribution in [1.29, 1.82) is 0 Å². The Morgan fingerprint density at radius 1 is 1.19 bits per heavy atom. The molecule has 5 heteroatoms. The molecule has 21 heavy (non-hydrogen) atoms. The lowest BCUT2D eigenvalue weighted by atomic mass is 10.1. The van der Waals surface area contributed by atoms with Crippen LogP contribution in [-0.4, -0.2) is 18.2 Å². The molecule has 0 radical (unpaired) electrons. The van der Waals surface area contributed by atoms with E-state index in [1.165, 1.54) is 0 Å². The Balaban J connectivity index is 1.79. The molecule has 0 saturated heterocycles. The predicted molar refractivity (Wildman–Crippen MR) is 83.4 cm³/mol. The highest BCUT2D eigenvalue weighted by Crippen LogP contribution is 2.33. The minimum absolute atomic E-state index is 0.503. The largest absolute Gasteiger partial charge is 0.490 e. The van der Waals surface area contributed by atoms with E-state index >= 15 is 0 Å². The van der Waals surface area contributed by atoms with Crippen molar-refractivity contribution in [2.45, 2.75) is 19.9 Å². The first-order valence-corrected chi connectivity index (χ1v) is 7.36. The fourth-order valence-corrected chi connectivity index (χ4v) is 2.49. The number of halogens is 1. The molecule has 1 aliphatic heterocycles. The number of hydrogen-bond acceptors (Lipinski definition) is 4. The normalized spacial score (nSPS) is 13.6. The summed E-state index contributed by atoms with van der Waals surface area (Å²) in [5, 5.41) is 3.87. The van der Waals surface area contributed by atoms with Crippen molar-refractivity contribution in [3.8, 4) is 11.5 Å². The van der Waals surface area contributed by atoms with Crippen molar-refractivity contribution in [3.05, 3.63) is 46.7 Å². The minimum Gasteiger partial charge on any atom is -0.490 e. The first-order chi connectivity index (χ1) is 10.2. The number of nitrogens with zero attached hydrogens (tertiary/aromatic N) is 1. The second kappa shape index (κ2) is 6.22. The van der Waals surface area contributed by atoms with Crippen molar-refractivity contribution < 1.29 is 9.47 Å². The summed E-state index contributed by atoms with van der Waals surface area (Å²) in [6, 6.07) is 9.68. The average molecular weight is 305 g/mol. The number of para-hydroxylation sites is 1. The van der Waals surface area contributed by atoms with E-state index in [0.717, 1.165) is 34.9 Å². The van der Waals surface area contributed by atoms with Gasteiger partial charge in [0.15, 0.2) is 11.5 Å². The van der Waals surface area contributed by atoms with Crippen LogP contribution in [0.15, 0.2) is 30.3 Å². The first kappa shape index (κ1) is 14.0. The van der Waals surface area contributed by atoms with E-state index in [1.807, 2.05) is 31.2 Å². The number of pyridine rings is 1. The molecule has 1 aromatic heterocycles. The van der Waals surface area contributed by atoms with Crippen LogP contribution in [0.25, 0.3) is 0 Å². The highest BCUT2D eigenvalue weighted by Gasteiger charge is 2.14. The van der Waals surface area contributed by atoms with Crippen LogP contribution in [0.5, 0.6) is 11.5 Å². The molecule has 0 amide bonds. The molecule has 1 N–H and O–H groups in total. The molecule has 110 valence electrons. The summed E-state index contributed by atoms with van der Waals surface area (Å²) in [6.07, 6.45) is 0.905. The Hall–Kier alpha value is -1.94. The maximum atomic E-state index is 5.87. The van der Waals surface area contributed by atoms with Crippen molar-refractivity contribution in [1.82, 2.24) is 4.98 Å². The third kappa shape index (κ3) is 3.22. The monoisotopic (exact) mass is 304 g/mol. The van der Waals surface area contributed by atoms with Crippen LogP contribution in [0.2, 0.25) is 5.15 Å². The standard InChI is InChI=1S/C16H17ClN2O2/c1-11-13(6-7-15(17)19-11)18-10-12-4-2-5-14-16(12)21-9-3-8-20-14/h2,4-7,18H,3,8-10H2,1H3. The van der Waals surface area contributed by atoms with Gasteiger partial charge < -0.3 is 14.8 Å². The van der Waals surface area contributed by atoms with Crippen LogP contribution >= 0.6 is 11.6 Å². The summed E-state index contributed by atoms with van der Waals surface area (Å²) in [4.78, 5) is 4.24. The Labute approximate surface area is 129 Å². The quantitative estimate of drug-likeness (QED) is 0.876. The Kier molecular flexibility index (Phi) is 4.15. The van der Waals surface area contributed by atoms with Crippen molar-refractivity contribution in [2.75, 3.05) is 18.5 Å². The number of nitrogens with one attached hydrogen (secondary N) is 1. The van der Waals surface area contributed by atoms with Gasteiger partial charge in [-0.05, 0) is 25.1 Å². The van der Waals surface area contributed by atoms with E-state index in [9.17, 15) is 0 Å². The van der Waals surface area contributed by atoms with Gasteiger partial charge in [0, 0.05) is 18.5 Å². The predicted octanol–water partition coefficient (Wildman–Crippen LogP) is 3.82. The van der Waals surface area contributed by atoms with Crippen molar-refractivity contribution in [3.63, 3.8) is 0 Å². The van der Waals surface area contributed by atoms with Gasteiger partial charge >= 0.3 is 0 Å². The SMILES string of the molecule is Cc1nc(Cl)ccc1NCc1cccc2c1OCCCO2. The van der Waals surface area contributed by atoms with Crippen LogP contribution < -0.4 is 14.8 Å². The highest BCUT2D eigenvalue weighted by atomic mass is 35.5. The Morgan fingerprint density at radius 3 is 2.90 bits per heavy atom. The van der Waals surface area contributed by atoms with Gasteiger partial charge in [0.25, 0.3) is 0 Å². The van der Waals surface area contributed by atoms with Gasteiger partial charge in [0.05, 0.1) is 24.6 Å². The second-order valence-corrected chi connectivity index (χ2v) is 5.30. The topological polar surface area (TPSA) is 43.4 Å². The molecule has 0 unspecified atom stereocenters. The summed E-state index contributed by atoms with van der Waals surface area (Å²) in [5.41, 5.74) is 2.91. The third-order valence-corrected chi connectivity index (χ3v) is 3.58. The molecule has 4 nitrogen and oxygen atoms in total. The molecular formula is C16H17ClN2O2. The number of fused-ring (bicyclic) bond motifs is 1. The Morgan fingerprint density at radius 2 is 2.05 bits per heavy atom. The minimum atomic E-state index is 0.503. The number of rotatable bonds is 3. The molecule has 0 fully saturated rings. The lowest BCUT2D eigenvalue weighted by Crippen LogP contribution is -2.05. The summed E-state index contributed by atoms with van der Waals surface area (Å²) in [7, 11) is 0. The van der Waals surface area contributed by atoms with Gasteiger partial charge in [-0.3, -0.25) is 0 Å². The van der Waals surface area contributed by atoms with Gasteiger partial charge in [-0.15, -0.1) is 0 Å². The van der Waals surface area contributed by atoms with Gasteiger partial charge in [0.1, 0.15) is 5.15 Å². The number of hydrogen-bond donors (Lipinski definition) is 1. The van der Waals surface area contributed by atoms with Crippen LogP contribution in [-0.2, 0) is 6.54 Å². The fraction of sp³-hybridized carbons (Fsp3) is 0.312. The number of aryl methyl sites for hydroxylation is 1. The molecular weight excluding hydrogens is 288 g/mol. The van der Waals surface area contributed by atoms with E-state index in [1.54, 1.807) is 6.07 Å². The van der Waals surface area contributed by atoms with Crippen LogP contribution in [0.3, 0.4) is 0 Å². The van der Waals surface area contributed by atoms with Crippen LogP contribution in [0, 0.1) is 6.92 Å². The van der Waals surface area contributed by atoms with Crippen LogP contribution in [0.1, 0.15) is 17.7 Å². The van der Waals surface area contributed by atoms with Gasteiger partial charge in [-0.25, -0.2) is 4.98 Å². The molecule has 0 bridgehead atoms. The maximum absolute atomic E-state index is 5.87. The first-order valence-electron chi connectivity index (χ1n) is 6.98. The average Bonchev–Trinajstić information content (AvgIpc) is 2.72. The lowest BCUT2D eigenvalue weighted by molar-refractivity contribution is 0.296. The molecule has 2 heterocycles. The van der Waals surface area contributed by atoms with E-state index in [-0.39, 0.29) is 0 Å². The van der Waals surface area contributed by atoms with E-state index in [2.05, 4.69) is 10.3 Å². The third-order valence-electron chi connectivity index (χ3n) is 3.37. The smallest absolute Gasteiger partial charge is 0.166 e. The maximum Gasteiger partial charge on any atom is 0.166 e. The van der Waals surface area contributed by atoms with E-state index in [4.69, 9.17) is 21.1 Å². The summed E-state index contributed by atoms with van der Waals surface area (Å²) in [5.74, 6) is 1.65. The zero-order chi connectivity index (χ0) is 14.7. The van der Waals surface area contributed by atoms with E-state index < -0.39 is 0 Å².